The highest BCUT2D eigenvalue weighted by Crippen LogP contribution is 2.28. The summed E-state index contributed by atoms with van der Waals surface area (Å²) in [7, 11) is 0. The number of allylic oxidation sites excluding steroid dienone is 5. The second-order valence-electron chi connectivity index (χ2n) is 6.26. The molecule has 0 bridgehead atoms. The van der Waals surface area contributed by atoms with Crippen LogP contribution < -0.4 is 5.32 Å². The highest BCUT2D eigenvalue weighted by molar-refractivity contribution is 5.95. The third-order valence-corrected chi connectivity index (χ3v) is 4.49. The summed E-state index contributed by atoms with van der Waals surface area (Å²) in [6.45, 7) is 2.13. The highest BCUT2D eigenvalue weighted by atomic mass is 16.1. The molecule has 3 rings (SSSR count). The van der Waals surface area contributed by atoms with Gasteiger partial charge in [-0.15, -0.1) is 0 Å². The maximum atomic E-state index is 12.4. The Labute approximate surface area is 127 Å². The number of hydrogen-bond acceptors (Lipinski definition) is 1. The fraction of sp³-hybridized carbons (Fsp3) is 0.526. The zero-order valence-corrected chi connectivity index (χ0v) is 12.7. The second-order valence-corrected chi connectivity index (χ2v) is 6.26. The number of hydrogen-bond donors (Lipinski definition) is 1. The molecule has 3 aliphatic carbocycles. The molecule has 1 atom stereocenters. The van der Waals surface area contributed by atoms with Gasteiger partial charge in [-0.2, -0.15) is 0 Å². The third kappa shape index (κ3) is 3.67. The van der Waals surface area contributed by atoms with Crippen LogP contribution in [-0.4, -0.2) is 11.9 Å². The van der Waals surface area contributed by atoms with Crippen molar-refractivity contribution < 1.29 is 4.79 Å². The minimum atomic E-state index is 0.101. The lowest BCUT2D eigenvalue weighted by Crippen LogP contribution is -2.41. The molecule has 0 heterocycles. The predicted octanol–water partition coefficient (Wildman–Crippen LogP) is 3.52. The topological polar surface area (TPSA) is 29.1 Å². The van der Waals surface area contributed by atoms with E-state index in [1.54, 1.807) is 0 Å². The molecule has 0 radical (unpaired) electrons. The lowest BCUT2D eigenvalue weighted by Gasteiger charge is -2.27. The summed E-state index contributed by atoms with van der Waals surface area (Å²) in [6, 6.07) is 0.390. The van der Waals surface area contributed by atoms with Crippen LogP contribution in [0.25, 0.3) is 0 Å². The van der Waals surface area contributed by atoms with E-state index in [2.05, 4.69) is 36.2 Å². The second kappa shape index (κ2) is 6.35. The molecule has 0 aromatic rings. The zero-order chi connectivity index (χ0) is 14.7. The Morgan fingerprint density at radius 1 is 1.29 bits per heavy atom. The van der Waals surface area contributed by atoms with Gasteiger partial charge in [-0.1, -0.05) is 30.9 Å². The molecule has 2 nitrogen and oxygen atoms in total. The Kier molecular flexibility index (Phi) is 4.29. The van der Waals surface area contributed by atoms with Crippen LogP contribution in [0.3, 0.4) is 0 Å². The SMILES string of the molecule is CCC1C=CC(C#CC2CC2)=CC=C1C(=O)NC1CCC1. The minimum Gasteiger partial charge on any atom is -0.350 e. The Morgan fingerprint density at radius 2 is 2.10 bits per heavy atom. The van der Waals surface area contributed by atoms with Gasteiger partial charge in [-0.25, -0.2) is 0 Å². The van der Waals surface area contributed by atoms with Gasteiger partial charge in [-0.3, -0.25) is 4.79 Å². The van der Waals surface area contributed by atoms with E-state index in [4.69, 9.17) is 0 Å². The molecule has 2 heteroatoms. The number of carbonyl (C=O) groups is 1. The van der Waals surface area contributed by atoms with Crippen LogP contribution in [0.2, 0.25) is 0 Å². The maximum absolute atomic E-state index is 12.4. The van der Waals surface area contributed by atoms with Gasteiger partial charge < -0.3 is 5.32 Å². The van der Waals surface area contributed by atoms with Crippen molar-refractivity contribution in [1.82, 2.24) is 5.32 Å². The van der Waals surface area contributed by atoms with E-state index < -0.39 is 0 Å². The monoisotopic (exact) mass is 281 g/mol. The molecule has 1 amide bonds. The van der Waals surface area contributed by atoms with Crippen LogP contribution in [0.1, 0.15) is 45.4 Å². The quantitative estimate of drug-likeness (QED) is 0.788. The van der Waals surface area contributed by atoms with Crippen molar-refractivity contribution in [3.63, 3.8) is 0 Å². The van der Waals surface area contributed by atoms with Crippen LogP contribution in [0.4, 0.5) is 0 Å². The smallest absolute Gasteiger partial charge is 0.248 e. The summed E-state index contributed by atoms with van der Waals surface area (Å²) >= 11 is 0. The summed E-state index contributed by atoms with van der Waals surface area (Å²) < 4.78 is 0. The average Bonchev–Trinajstić information content (AvgIpc) is 3.26. The number of amides is 1. The van der Waals surface area contributed by atoms with E-state index >= 15 is 0 Å². The van der Waals surface area contributed by atoms with E-state index in [0.29, 0.717) is 12.0 Å². The van der Waals surface area contributed by atoms with Crippen molar-refractivity contribution >= 4 is 5.91 Å². The van der Waals surface area contributed by atoms with Crippen molar-refractivity contribution in [2.45, 2.75) is 51.5 Å². The van der Waals surface area contributed by atoms with Gasteiger partial charge in [0.1, 0.15) is 0 Å². The summed E-state index contributed by atoms with van der Waals surface area (Å²) in [6.07, 6.45) is 15.1. The lowest BCUT2D eigenvalue weighted by atomic mass is 9.91. The van der Waals surface area contributed by atoms with E-state index in [9.17, 15) is 4.79 Å². The Morgan fingerprint density at radius 3 is 2.71 bits per heavy atom. The minimum absolute atomic E-state index is 0.101. The molecule has 2 saturated carbocycles. The zero-order valence-electron chi connectivity index (χ0n) is 12.7. The van der Waals surface area contributed by atoms with Crippen molar-refractivity contribution in [1.29, 1.82) is 0 Å². The first kappa shape index (κ1) is 14.2. The molecule has 0 spiro atoms. The van der Waals surface area contributed by atoms with Gasteiger partial charge in [-0.05, 0) is 50.7 Å². The van der Waals surface area contributed by atoms with Crippen molar-refractivity contribution in [3.8, 4) is 11.8 Å². The van der Waals surface area contributed by atoms with Crippen LogP contribution in [0.5, 0.6) is 0 Å². The van der Waals surface area contributed by atoms with Gasteiger partial charge in [0.2, 0.25) is 5.91 Å². The fourth-order valence-corrected chi connectivity index (χ4v) is 2.60. The van der Waals surface area contributed by atoms with E-state index in [0.717, 1.165) is 30.4 Å². The lowest BCUT2D eigenvalue weighted by molar-refractivity contribution is -0.119. The Bertz CT molecular complexity index is 562. The number of carbonyl (C=O) groups excluding carboxylic acids is 1. The van der Waals surface area contributed by atoms with Gasteiger partial charge in [0, 0.05) is 29.0 Å². The Balaban J connectivity index is 1.74. The van der Waals surface area contributed by atoms with Gasteiger partial charge in [0.15, 0.2) is 0 Å². The standard InChI is InChI=1S/C19H23NO/c1-2-16-12-10-15(9-8-14-6-7-14)11-13-18(16)19(21)20-17-4-3-5-17/h10-14,16-17H,2-7H2,1H3,(H,20,21). The summed E-state index contributed by atoms with van der Waals surface area (Å²) in [5.41, 5.74) is 1.90. The summed E-state index contributed by atoms with van der Waals surface area (Å²) in [4.78, 5) is 12.4. The van der Waals surface area contributed by atoms with Gasteiger partial charge in [0.25, 0.3) is 0 Å². The number of nitrogens with one attached hydrogen (secondary N) is 1. The van der Waals surface area contributed by atoms with Crippen LogP contribution in [-0.2, 0) is 4.79 Å². The summed E-state index contributed by atoms with van der Waals surface area (Å²) in [5.74, 6) is 7.42. The molecular weight excluding hydrogens is 258 g/mol. The molecule has 3 aliphatic rings. The van der Waals surface area contributed by atoms with E-state index in [1.807, 2.05) is 12.2 Å². The van der Waals surface area contributed by atoms with Crippen LogP contribution in [0.15, 0.2) is 35.5 Å². The summed E-state index contributed by atoms with van der Waals surface area (Å²) in [5, 5.41) is 3.15. The highest BCUT2D eigenvalue weighted by Gasteiger charge is 2.24. The van der Waals surface area contributed by atoms with Crippen LogP contribution >= 0.6 is 0 Å². The average molecular weight is 281 g/mol. The number of rotatable bonds is 3. The fourth-order valence-electron chi connectivity index (χ4n) is 2.60. The molecular formula is C19H23NO. The first-order chi connectivity index (χ1) is 10.3. The molecule has 0 aliphatic heterocycles. The Hall–Kier alpha value is -1.75. The van der Waals surface area contributed by atoms with Crippen LogP contribution in [0, 0.1) is 23.7 Å². The molecule has 1 unspecified atom stereocenters. The third-order valence-electron chi connectivity index (χ3n) is 4.49. The van der Waals surface area contributed by atoms with Gasteiger partial charge in [0.05, 0.1) is 0 Å². The first-order valence-corrected chi connectivity index (χ1v) is 8.18. The molecule has 0 saturated heterocycles. The molecule has 0 aromatic carbocycles. The van der Waals surface area contributed by atoms with E-state index in [1.165, 1.54) is 19.3 Å². The van der Waals surface area contributed by atoms with E-state index in [-0.39, 0.29) is 11.8 Å². The maximum Gasteiger partial charge on any atom is 0.248 e. The normalized spacial score (nSPS) is 24.9. The molecule has 1 N–H and O–H groups in total. The first-order valence-electron chi connectivity index (χ1n) is 8.18. The predicted molar refractivity (Wildman–Crippen MR) is 85.4 cm³/mol. The largest absolute Gasteiger partial charge is 0.350 e. The molecule has 21 heavy (non-hydrogen) atoms. The van der Waals surface area contributed by atoms with Gasteiger partial charge >= 0.3 is 0 Å². The molecule has 2 fully saturated rings. The molecule has 0 aromatic heterocycles. The van der Waals surface area contributed by atoms with Crippen molar-refractivity contribution in [3.05, 3.63) is 35.5 Å². The molecule has 110 valence electrons. The van der Waals surface area contributed by atoms with Crippen molar-refractivity contribution in [2.75, 3.05) is 0 Å². The van der Waals surface area contributed by atoms with Crippen molar-refractivity contribution in [2.24, 2.45) is 11.8 Å².